The van der Waals surface area contributed by atoms with Gasteiger partial charge in [-0.2, -0.15) is 0 Å². The van der Waals surface area contributed by atoms with Crippen LogP contribution in [0.5, 0.6) is 5.75 Å². The van der Waals surface area contributed by atoms with Gasteiger partial charge < -0.3 is 4.84 Å². The second-order valence-corrected chi connectivity index (χ2v) is 11.3. The topological polar surface area (TPSA) is 68.6 Å². The molecule has 0 unspecified atom stereocenters. The maximum absolute atomic E-state index is 12.1. The molecule has 1 aromatic heterocycles. The number of oxime groups is 1. The molecule has 180 valence electrons. The van der Waals surface area contributed by atoms with Crippen molar-refractivity contribution in [3.63, 3.8) is 0 Å². The molecule has 1 aliphatic heterocycles. The fraction of sp³-hybridized carbons (Fsp3) is 0.586. The van der Waals surface area contributed by atoms with Gasteiger partial charge in [0.25, 0.3) is 0 Å². The lowest BCUT2D eigenvalue weighted by atomic mass is 9.47. The molecule has 4 aliphatic carbocycles. The Morgan fingerprint density at radius 3 is 2.76 bits per heavy atom. The minimum atomic E-state index is 0.245. The van der Waals surface area contributed by atoms with E-state index in [1.54, 1.807) is 25.4 Å². The Labute approximate surface area is 202 Å². The highest BCUT2D eigenvalue weighted by Crippen LogP contribution is 2.66. The lowest BCUT2D eigenvalue weighted by Crippen LogP contribution is -2.51. The van der Waals surface area contributed by atoms with Crippen molar-refractivity contribution in [2.24, 2.45) is 39.7 Å². The van der Waals surface area contributed by atoms with Gasteiger partial charge in [0.2, 0.25) is 0 Å². The molecule has 0 saturated heterocycles. The largest absolute Gasteiger partial charge is 0.355 e. The minimum absolute atomic E-state index is 0.245. The van der Waals surface area contributed by atoms with E-state index in [2.05, 4.69) is 24.0 Å². The predicted molar refractivity (Wildman–Crippen MR) is 133 cm³/mol. The normalized spacial score (nSPS) is 37.5. The zero-order valence-electron chi connectivity index (χ0n) is 20.6. The van der Waals surface area contributed by atoms with Crippen molar-refractivity contribution in [3.05, 3.63) is 41.7 Å². The summed E-state index contributed by atoms with van der Waals surface area (Å²) in [4.78, 5) is 33.1. The summed E-state index contributed by atoms with van der Waals surface area (Å²) in [7, 11) is 0. The van der Waals surface area contributed by atoms with Crippen molar-refractivity contribution in [1.29, 1.82) is 0 Å². The molecule has 3 saturated carbocycles. The fourth-order valence-corrected chi connectivity index (χ4v) is 8.09. The molecule has 0 spiro atoms. The Morgan fingerprint density at radius 2 is 1.94 bits per heavy atom. The summed E-state index contributed by atoms with van der Waals surface area (Å²) < 4.78 is 0. The van der Waals surface area contributed by atoms with Gasteiger partial charge in [-0.15, -0.1) is 0 Å². The van der Waals surface area contributed by atoms with Crippen molar-refractivity contribution in [2.75, 3.05) is 0 Å². The predicted octanol–water partition coefficient (Wildman–Crippen LogP) is 6.20. The van der Waals surface area contributed by atoms with Crippen LogP contribution in [0.15, 0.2) is 41.2 Å². The van der Waals surface area contributed by atoms with Crippen molar-refractivity contribution in [1.82, 2.24) is 4.98 Å². The van der Waals surface area contributed by atoms with Crippen molar-refractivity contribution in [2.45, 2.75) is 72.1 Å². The molecule has 0 radical (unpaired) electrons. The quantitative estimate of drug-likeness (QED) is 0.501. The third-order valence-electron chi connectivity index (χ3n) is 9.80. The molecular weight excluding hydrogens is 424 g/mol. The highest BCUT2D eigenvalue weighted by Gasteiger charge is 2.59. The van der Waals surface area contributed by atoms with Gasteiger partial charge in [-0.3, -0.25) is 14.6 Å². The van der Waals surface area contributed by atoms with Gasteiger partial charge in [-0.1, -0.05) is 24.6 Å². The second kappa shape index (κ2) is 8.90. The first-order valence-electron chi connectivity index (χ1n) is 12.9. The fourth-order valence-electron chi connectivity index (χ4n) is 8.09. The number of hydrogen-bond acceptors (Lipinski definition) is 5. The van der Waals surface area contributed by atoms with Gasteiger partial charge in [0, 0.05) is 18.5 Å². The number of hydrogen-bond donors (Lipinski definition) is 0. The first-order valence-corrected chi connectivity index (χ1v) is 12.9. The summed E-state index contributed by atoms with van der Waals surface area (Å²) in [6.07, 6.45) is 17.9. The van der Waals surface area contributed by atoms with Crippen LogP contribution in [-0.4, -0.2) is 22.8 Å². The van der Waals surface area contributed by atoms with Crippen LogP contribution in [0, 0.1) is 34.5 Å². The van der Waals surface area contributed by atoms with E-state index in [9.17, 15) is 9.59 Å². The summed E-state index contributed by atoms with van der Waals surface area (Å²) >= 11 is 0. The lowest BCUT2D eigenvalue weighted by Gasteiger charge is -2.58. The number of carbonyl (C=O) groups excluding carboxylic acids is 2. The number of fused-ring (bicyclic) bond motifs is 6. The standard InChI is InChI=1S/C21H30O2.C8H6N2O/c1-13(22)17-6-7-18-16-5-4-14-12-15(23)8-10-20(14,2)19(16)9-11-21(17,18)3;1-3-7-8(11-10-6-1)4-2-5-9-7/h12,16-19H,4-11H2,1-3H3;1-6H/t16-,17+,18-,19-,20-,21+;/m0./s1. The average Bonchev–Trinajstić information content (AvgIpc) is 3.01. The zero-order chi connectivity index (χ0) is 23.9. The molecule has 5 heteroatoms. The first-order chi connectivity index (χ1) is 16.3. The summed E-state index contributed by atoms with van der Waals surface area (Å²) in [6, 6.07) is 3.64. The number of pyridine rings is 1. The highest BCUT2D eigenvalue weighted by atomic mass is 16.6. The number of rotatable bonds is 1. The molecular formula is C29H36N2O3. The maximum Gasteiger partial charge on any atom is 0.183 e. The van der Waals surface area contributed by atoms with E-state index in [-0.39, 0.29) is 10.8 Å². The zero-order valence-corrected chi connectivity index (χ0v) is 20.6. The van der Waals surface area contributed by atoms with E-state index in [0.717, 1.165) is 49.1 Å². The molecule has 5 aliphatic rings. The third-order valence-corrected chi connectivity index (χ3v) is 9.80. The number of nitrogens with zero attached hydrogens (tertiary/aromatic N) is 2. The van der Waals surface area contributed by atoms with Crippen LogP contribution in [0.2, 0.25) is 0 Å². The van der Waals surface area contributed by atoms with Gasteiger partial charge in [0.15, 0.2) is 11.5 Å². The van der Waals surface area contributed by atoms with Crippen LogP contribution < -0.4 is 4.84 Å². The SMILES string of the molecule is C1=Cc2ncccc2ON=C1.CC(=O)[C@H]1CC[C@H]2[C@@H]3CCC4=CC(=O)CC[C@]4(C)[C@H]3CC[C@]12C. The van der Waals surface area contributed by atoms with Crippen molar-refractivity contribution >= 4 is 23.9 Å². The molecule has 5 nitrogen and oxygen atoms in total. The average molecular weight is 461 g/mol. The van der Waals surface area contributed by atoms with Gasteiger partial charge >= 0.3 is 0 Å². The summed E-state index contributed by atoms with van der Waals surface area (Å²) in [6.45, 7) is 6.65. The molecule has 3 fully saturated rings. The molecule has 6 rings (SSSR count). The monoisotopic (exact) mass is 460 g/mol. The smallest absolute Gasteiger partial charge is 0.183 e. The van der Waals surface area contributed by atoms with Crippen LogP contribution in [0.25, 0.3) is 6.08 Å². The summed E-state index contributed by atoms with van der Waals surface area (Å²) in [5, 5.41) is 3.66. The number of carbonyl (C=O) groups is 2. The van der Waals surface area contributed by atoms with Crippen LogP contribution >= 0.6 is 0 Å². The Hall–Kier alpha value is -2.56. The highest BCUT2D eigenvalue weighted by molar-refractivity contribution is 5.91. The Morgan fingerprint density at radius 1 is 1.09 bits per heavy atom. The van der Waals surface area contributed by atoms with E-state index in [1.165, 1.54) is 31.3 Å². The molecule has 0 aromatic carbocycles. The van der Waals surface area contributed by atoms with E-state index in [4.69, 9.17) is 4.84 Å². The summed E-state index contributed by atoms with van der Waals surface area (Å²) in [5.41, 5.74) is 2.76. The molecule has 2 heterocycles. The molecule has 0 N–H and O–H groups in total. The second-order valence-electron chi connectivity index (χ2n) is 11.3. The Kier molecular flexibility index (Phi) is 6.07. The number of aromatic nitrogens is 1. The van der Waals surface area contributed by atoms with E-state index >= 15 is 0 Å². The number of allylic oxidation sites excluding steroid dienone is 2. The van der Waals surface area contributed by atoms with Crippen molar-refractivity contribution in [3.8, 4) is 5.75 Å². The van der Waals surface area contributed by atoms with Gasteiger partial charge in [0.05, 0.1) is 6.21 Å². The minimum Gasteiger partial charge on any atom is -0.355 e. The van der Waals surface area contributed by atoms with Crippen LogP contribution in [0.3, 0.4) is 0 Å². The van der Waals surface area contributed by atoms with Gasteiger partial charge in [-0.25, -0.2) is 0 Å². The van der Waals surface area contributed by atoms with E-state index in [0.29, 0.717) is 23.2 Å². The molecule has 1 aromatic rings. The number of ketones is 2. The van der Waals surface area contributed by atoms with Crippen molar-refractivity contribution < 1.29 is 14.4 Å². The summed E-state index contributed by atoms with van der Waals surface area (Å²) in [5.74, 6) is 3.98. The van der Waals surface area contributed by atoms with Crippen LogP contribution in [-0.2, 0) is 9.59 Å². The van der Waals surface area contributed by atoms with E-state index < -0.39 is 0 Å². The Bertz CT molecular complexity index is 1070. The Balaban J connectivity index is 0.000000183. The third kappa shape index (κ3) is 3.87. The number of Topliss-reactive ketones (excluding diaryl/α,β-unsaturated/α-hetero) is 1. The first kappa shape index (κ1) is 23.2. The molecule has 6 atom stereocenters. The van der Waals surface area contributed by atoms with Gasteiger partial charge in [-0.05, 0) is 111 Å². The molecule has 0 bridgehead atoms. The maximum atomic E-state index is 12.1. The van der Waals surface area contributed by atoms with Gasteiger partial charge in [0.1, 0.15) is 11.5 Å². The van der Waals surface area contributed by atoms with Crippen LogP contribution in [0.4, 0.5) is 0 Å². The molecule has 34 heavy (non-hydrogen) atoms. The van der Waals surface area contributed by atoms with Crippen LogP contribution in [0.1, 0.15) is 77.8 Å². The van der Waals surface area contributed by atoms with E-state index in [1.807, 2.05) is 24.3 Å². The molecule has 0 amide bonds. The lowest BCUT2D eigenvalue weighted by molar-refractivity contribution is -0.128.